The Bertz CT molecular complexity index is 629. The largest absolute Gasteiger partial charge is 0.354 e. The first-order chi connectivity index (χ1) is 9.52. The van der Waals surface area contributed by atoms with Crippen LogP contribution < -0.4 is 5.32 Å². The van der Waals surface area contributed by atoms with Gasteiger partial charge in [0.1, 0.15) is 5.82 Å². The topological polar surface area (TPSA) is 37.8 Å². The molecule has 1 N–H and O–H groups in total. The number of hydrogen-bond acceptors (Lipinski definition) is 3. The smallest absolute Gasteiger partial charge is 0.223 e. The lowest BCUT2D eigenvalue weighted by molar-refractivity contribution is 0.496. The third kappa shape index (κ3) is 2.89. The molecule has 0 aliphatic carbocycles. The molecule has 3 nitrogen and oxygen atoms in total. The molecule has 0 radical (unpaired) electrons. The minimum Gasteiger partial charge on any atom is -0.354 e. The molecule has 0 aliphatic heterocycles. The molecule has 0 amide bonds. The number of nitrogens with zero attached hydrogens (tertiary/aromatic N) is 2. The first-order valence-electron chi connectivity index (χ1n) is 6.25. The van der Waals surface area contributed by atoms with E-state index in [9.17, 15) is 13.2 Å². The summed E-state index contributed by atoms with van der Waals surface area (Å²) in [5, 5.41) is 2.96. The average molecular weight is 281 g/mol. The standard InChI is InChI=1S/C14H14F3N3/c1-3-4-18-14-19-7-8(2)13(20-14)9-5-11(16)12(17)6-10(9)15/h5-7H,3-4H2,1-2H3,(H,18,19,20). The van der Waals surface area contributed by atoms with Gasteiger partial charge in [0.05, 0.1) is 5.69 Å². The molecule has 20 heavy (non-hydrogen) atoms. The summed E-state index contributed by atoms with van der Waals surface area (Å²) >= 11 is 0. The van der Waals surface area contributed by atoms with E-state index in [-0.39, 0.29) is 11.3 Å². The van der Waals surface area contributed by atoms with Gasteiger partial charge in [0, 0.05) is 24.4 Å². The number of anilines is 1. The molecule has 0 spiro atoms. The maximum atomic E-state index is 13.8. The van der Waals surface area contributed by atoms with E-state index >= 15 is 0 Å². The fourth-order valence-corrected chi connectivity index (χ4v) is 1.74. The van der Waals surface area contributed by atoms with E-state index < -0.39 is 17.5 Å². The van der Waals surface area contributed by atoms with Crippen LogP contribution in [0.5, 0.6) is 0 Å². The molecule has 0 aliphatic rings. The zero-order chi connectivity index (χ0) is 14.7. The quantitative estimate of drug-likeness (QED) is 0.868. The molecule has 0 saturated heterocycles. The maximum Gasteiger partial charge on any atom is 0.223 e. The summed E-state index contributed by atoms with van der Waals surface area (Å²) < 4.78 is 40.0. The Morgan fingerprint density at radius 2 is 1.80 bits per heavy atom. The predicted molar refractivity (Wildman–Crippen MR) is 70.9 cm³/mol. The number of aromatic nitrogens is 2. The molecule has 0 saturated carbocycles. The number of benzene rings is 1. The van der Waals surface area contributed by atoms with Crippen LogP contribution in [0, 0.1) is 24.4 Å². The number of nitrogens with one attached hydrogen (secondary N) is 1. The summed E-state index contributed by atoms with van der Waals surface area (Å²) in [5.41, 5.74) is 0.746. The lowest BCUT2D eigenvalue weighted by Gasteiger charge is -2.09. The molecular formula is C14H14F3N3. The van der Waals surface area contributed by atoms with Crippen molar-refractivity contribution in [1.29, 1.82) is 0 Å². The molecule has 1 aromatic heterocycles. The van der Waals surface area contributed by atoms with Crippen LogP contribution in [-0.4, -0.2) is 16.5 Å². The van der Waals surface area contributed by atoms with Crippen molar-refractivity contribution in [3.63, 3.8) is 0 Å². The summed E-state index contributed by atoms with van der Waals surface area (Å²) in [4.78, 5) is 8.22. The Labute approximate surface area is 114 Å². The highest BCUT2D eigenvalue weighted by atomic mass is 19.2. The molecule has 1 aromatic carbocycles. The number of halogens is 3. The SMILES string of the molecule is CCCNc1ncc(C)c(-c2cc(F)c(F)cc2F)n1. The average Bonchev–Trinajstić information content (AvgIpc) is 2.42. The lowest BCUT2D eigenvalue weighted by atomic mass is 10.1. The van der Waals surface area contributed by atoms with Crippen LogP contribution in [0.3, 0.4) is 0 Å². The van der Waals surface area contributed by atoms with Crippen molar-refractivity contribution in [1.82, 2.24) is 9.97 Å². The Morgan fingerprint density at radius 1 is 1.10 bits per heavy atom. The first kappa shape index (κ1) is 14.3. The molecule has 106 valence electrons. The van der Waals surface area contributed by atoms with Gasteiger partial charge in [-0.1, -0.05) is 6.92 Å². The Hall–Kier alpha value is -2.11. The fraction of sp³-hybridized carbons (Fsp3) is 0.286. The molecule has 0 unspecified atom stereocenters. The minimum atomic E-state index is -1.22. The summed E-state index contributed by atoms with van der Waals surface area (Å²) in [6.45, 7) is 4.33. The minimum absolute atomic E-state index is 0.0802. The van der Waals surface area contributed by atoms with Gasteiger partial charge in [-0.3, -0.25) is 0 Å². The normalized spacial score (nSPS) is 10.7. The summed E-state index contributed by atoms with van der Waals surface area (Å²) in [6, 6.07) is 1.33. The van der Waals surface area contributed by atoms with Crippen molar-refractivity contribution in [2.45, 2.75) is 20.3 Å². The third-order valence-electron chi connectivity index (χ3n) is 2.77. The van der Waals surface area contributed by atoms with Crippen LogP contribution in [0.15, 0.2) is 18.3 Å². The van der Waals surface area contributed by atoms with E-state index in [2.05, 4.69) is 15.3 Å². The third-order valence-corrected chi connectivity index (χ3v) is 2.77. The second kappa shape index (κ2) is 5.90. The van der Waals surface area contributed by atoms with Crippen LogP contribution in [0.1, 0.15) is 18.9 Å². The lowest BCUT2D eigenvalue weighted by Crippen LogP contribution is -2.06. The van der Waals surface area contributed by atoms with Gasteiger partial charge >= 0.3 is 0 Å². The summed E-state index contributed by atoms with van der Waals surface area (Å²) in [5.74, 6) is -2.85. The van der Waals surface area contributed by atoms with Gasteiger partial charge in [0.15, 0.2) is 11.6 Å². The highest BCUT2D eigenvalue weighted by Crippen LogP contribution is 2.26. The highest BCUT2D eigenvalue weighted by molar-refractivity contribution is 5.64. The zero-order valence-electron chi connectivity index (χ0n) is 11.2. The van der Waals surface area contributed by atoms with E-state index in [0.29, 0.717) is 24.1 Å². The number of aryl methyl sites for hydroxylation is 1. The van der Waals surface area contributed by atoms with E-state index in [4.69, 9.17) is 0 Å². The van der Waals surface area contributed by atoms with Gasteiger partial charge in [-0.25, -0.2) is 23.1 Å². The maximum absolute atomic E-state index is 13.8. The van der Waals surface area contributed by atoms with Gasteiger partial charge in [-0.05, 0) is 25.0 Å². The molecule has 0 atom stereocenters. The fourth-order valence-electron chi connectivity index (χ4n) is 1.74. The van der Waals surface area contributed by atoms with Gasteiger partial charge in [0.25, 0.3) is 0 Å². The molecular weight excluding hydrogens is 267 g/mol. The van der Waals surface area contributed by atoms with Crippen molar-refractivity contribution < 1.29 is 13.2 Å². The van der Waals surface area contributed by atoms with Crippen molar-refractivity contribution in [3.8, 4) is 11.3 Å². The molecule has 0 bridgehead atoms. The van der Waals surface area contributed by atoms with Crippen molar-refractivity contribution in [3.05, 3.63) is 41.3 Å². The monoisotopic (exact) mass is 281 g/mol. The Morgan fingerprint density at radius 3 is 2.50 bits per heavy atom. The van der Waals surface area contributed by atoms with Crippen LogP contribution in [0.25, 0.3) is 11.3 Å². The Kier molecular flexibility index (Phi) is 4.22. The molecule has 6 heteroatoms. The van der Waals surface area contributed by atoms with E-state index in [1.54, 1.807) is 6.92 Å². The van der Waals surface area contributed by atoms with Crippen molar-refractivity contribution in [2.75, 3.05) is 11.9 Å². The summed E-state index contributed by atoms with van der Waals surface area (Å²) in [6.07, 6.45) is 2.40. The van der Waals surface area contributed by atoms with Crippen LogP contribution in [-0.2, 0) is 0 Å². The predicted octanol–water partition coefficient (Wildman–Crippen LogP) is 3.69. The second-order valence-corrected chi connectivity index (χ2v) is 4.40. The molecule has 0 fully saturated rings. The van der Waals surface area contributed by atoms with Crippen molar-refractivity contribution >= 4 is 5.95 Å². The van der Waals surface area contributed by atoms with Crippen LogP contribution in [0.4, 0.5) is 19.1 Å². The zero-order valence-corrected chi connectivity index (χ0v) is 11.2. The number of rotatable bonds is 4. The van der Waals surface area contributed by atoms with Gasteiger partial charge in [0.2, 0.25) is 5.95 Å². The summed E-state index contributed by atoms with van der Waals surface area (Å²) in [7, 11) is 0. The van der Waals surface area contributed by atoms with E-state index in [1.807, 2.05) is 6.92 Å². The van der Waals surface area contributed by atoms with Crippen LogP contribution >= 0.6 is 0 Å². The number of hydrogen-bond donors (Lipinski definition) is 1. The van der Waals surface area contributed by atoms with E-state index in [1.165, 1.54) is 6.20 Å². The van der Waals surface area contributed by atoms with Gasteiger partial charge in [-0.2, -0.15) is 0 Å². The second-order valence-electron chi connectivity index (χ2n) is 4.40. The van der Waals surface area contributed by atoms with E-state index in [0.717, 1.165) is 12.5 Å². The molecule has 2 rings (SSSR count). The first-order valence-corrected chi connectivity index (χ1v) is 6.25. The van der Waals surface area contributed by atoms with Gasteiger partial charge in [-0.15, -0.1) is 0 Å². The van der Waals surface area contributed by atoms with Crippen molar-refractivity contribution in [2.24, 2.45) is 0 Å². The highest BCUT2D eigenvalue weighted by Gasteiger charge is 2.15. The molecule has 1 heterocycles. The molecule has 2 aromatic rings. The Balaban J connectivity index is 2.48. The van der Waals surface area contributed by atoms with Crippen LogP contribution in [0.2, 0.25) is 0 Å². The van der Waals surface area contributed by atoms with Gasteiger partial charge < -0.3 is 5.32 Å².